The van der Waals surface area contributed by atoms with Gasteiger partial charge in [-0.1, -0.05) is 13.0 Å². The van der Waals surface area contributed by atoms with Gasteiger partial charge in [0.1, 0.15) is 0 Å². The zero-order chi connectivity index (χ0) is 12.3. The second-order valence-electron chi connectivity index (χ2n) is 4.26. The zero-order valence-electron chi connectivity index (χ0n) is 10.9. The van der Waals surface area contributed by atoms with Crippen LogP contribution in [0.1, 0.15) is 24.5 Å². The van der Waals surface area contributed by atoms with Crippen molar-refractivity contribution in [3.05, 3.63) is 29.3 Å². The maximum absolute atomic E-state index is 11.9. The van der Waals surface area contributed by atoms with Crippen LogP contribution in [0.3, 0.4) is 0 Å². The normalized spacial score (nSPS) is 11.6. The molecule has 0 unspecified atom stereocenters. The lowest BCUT2D eigenvalue weighted by atomic mass is 10.1. The van der Waals surface area contributed by atoms with Crippen LogP contribution in [0, 0.1) is 13.8 Å². The zero-order valence-corrected chi connectivity index (χ0v) is 11.7. The van der Waals surface area contributed by atoms with Crippen molar-refractivity contribution < 1.29 is 4.79 Å². The Labute approximate surface area is 109 Å². The molecule has 4 heteroatoms. The number of likely N-dealkylation sites (N-methyl/N-ethyl adjacent to an activating group) is 1. The summed E-state index contributed by atoms with van der Waals surface area (Å²) >= 11 is 0. The number of carbonyl (C=O) groups is 1. The van der Waals surface area contributed by atoms with Crippen molar-refractivity contribution in [1.29, 1.82) is 0 Å². The molecular weight excluding hydrogens is 236 g/mol. The number of hydrogen-bond donors (Lipinski definition) is 1. The number of rotatable bonds is 3. The Kier molecular flexibility index (Phi) is 6.21. The Bertz CT molecular complexity index is 373. The molecule has 2 N–H and O–H groups in total. The average Bonchev–Trinajstić information content (AvgIpc) is 2.24. The highest BCUT2D eigenvalue weighted by Gasteiger charge is 2.17. The van der Waals surface area contributed by atoms with Crippen molar-refractivity contribution in [3.8, 4) is 0 Å². The van der Waals surface area contributed by atoms with E-state index in [1.54, 1.807) is 11.9 Å². The molecule has 0 radical (unpaired) electrons. The molecule has 0 bridgehead atoms. The Morgan fingerprint density at radius 2 is 1.76 bits per heavy atom. The molecule has 0 saturated carbocycles. The second-order valence-corrected chi connectivity index (χ2v) is 4.26. The molecule has 0 fully saturated rings. The molecule has 0 aliphatic heterocycles. The number of nitrogens with two attached hydrogens (primary N) is 1. The van der Waals surface area contributed by atoms with E-state index in [0.717, 1.165) is 16.8 Å². The van der Waals surface area contributed by atoms with Crippen molar-refractivity contribution in [3.63, 3.8) is 0 Å². The molecule has 0 spiro atoms. The molecule has 96 valence electrons. The van der Waals surface area contributed by atoms with Crippen LogP contribution in [-0.4, -0.2) is 19.0 Å². The number of hydrogen-bond acceptors (Lipinski definition) is 2. The summed E-state index contributed by atoms with van der Waals surface area (Å²) < 4.78 is 0. The van der Waals surface area contributed by atoms with E-state index in [9.17, 15) is 4.79 Å². The Morgan fingerprint density at radius 3 is 2.18 bits per heavy atom. The molecule has 1 aromatic carbocycles. The number of amides is 1. The Balaban J connectivity index is 0.00000256. The topological polar surface area (TPSA) is 46.3 Å². The summed E-state index contributed by atoms with van der Waals surface area (Å²) in [6, 6.07) is 5.66. The molecular formula is C13H21ClN2O. The van der Waals surface area contributed by atoms with Crippen molar-refractivity contribution in [1.82, 2.24) is 0 Å². The van der Waals surface area contributed by atoms with Gasteiger partial charge in [-0.25, -0.2) is 0 Å². The summed E-state index contributed by atoms with van der Waals surface area (Å²) in [5.41, 5.74) is 8.95. The summed E-state index contributed by atoms with van der Waals surface area (Å²) in [7, 11) is 1.77. The summed E-state index contributed by atoms with van der Waals surface area (Å²) in [5.74, 6) is -0.0347. The lowest BCUT2D eigenvalue weighted by molar-refractivity contribution is -0.119. The van der Waals surface area contributed by atoms with Crippen LogP contribution < -0.4 is 10.6 Å². The lowest BCUT2D eigenvalue weighted by Gasteiger charge is -2.21. The van der Waals surface area contributed by atoms with Crippen molar-refractivity contribution >= 4 is 24.0 Å². The first-order chi connectivity index (χ1) is 7.45. The minimum atomic E-state index is -0.411. The van der Waals surface area contributed by atoms with E-state index in [2.05, 4.69) is 6.07 Å². The third-order valence-electron chi connectivity index (χ3n) is 2.68. The third kappa shape index (κ3) is 4.02. The molecule has 1 atom stereocenters. The molecule has 1 rings (SSSR count). The number of nitrogens with zero attached hydrogens (tertiary/aromatic N) is 1. The summed E-state index contributed by atoms with van der Waals surface area (Å²) in [4.78, 5) is 13.5. The number of anilines is 1. The maximum Gasteiger partial charge on any atom is 0.243 e. The Morgan fingerprint density at radius 1 is 1.29 bits per heavy atom. The predicted octanol–water partition coefficient (Wildman–Crippen LogP) is 2.43. The maximum atomic E-state index is 11.9. The van der Waals surface area contributed by atoms with E-state index >= 15 is 0 Å². The second kappa shape index (κ2) is 6.62. The van der Waals surface area contributed by atoms with E-state index < -0.39 is 6.04 Å². The minimum absolute atomic E-state index is 0. The Hall–Kier alpha value is -1.06. The number of aryl methyl sites for hydroxylation is 2. The van der Waals surface area contributed by atoms with Crippen LogP contribution in [0.2, 0.25) is 0 Å². The summed E-state index contributed by atoms with van der Waals surface area (Å²) in [6.45, 7) is 5.96. The third-order valence-corrected chi connectivity index (χ3v) is 2.68. The smallest absolute Gasteiger partial charge is 0.243 e. The van der Waals surface area contributed by atoms with E-state index in [-0.39, 0.29) is 18.3 Å². The predicted molar refractivity (Wildman–Crippen MR) is 74.8 cm³/mol. The fourth-order valence-corrected chi connectivity index (χ4v) is 1.69. The fraction of sp³-hybridized carbons (Fsp3) is 0.462. The largest absolute Gasteiger partial charge is 0.320 e. The molecule has 17 heavy (non-hydrogen) atoms. The molecule has 0 aliphatic carbocycles. The van der Waals surface area contributed by atoms with Crippen molar-refractivity contribution in [2.24, 2.45) is 5.73 Å². The van der Waals surface area contributed by atoms with Gasteiger partial charge in [-0.15, -0.1) is 12.4 Å². The standard InChI is InChI=1S/C13H20N2O.ClH/c1-5-12(14)13(16)15(4)11-7-9(2)6-10(3)8-11;/h6-8,12H,5,14H2,1-4H3;1H/t12-;/m0./s1. The van der Waals surface area contributed by atoms with Crippen LogP contribution >= 0.6 is 12.4 Å². The van der Waals surface area contributed by atoms with Gasteiger partial charge in [0.15, 0.2) is 0 Å². The molecule has 1 amide bonds. The highest BCUT2D eigenvalue weighted by molar-refractivity contribution is 5.96. The SMILES string of the molecule is CC[C@H](N)C(=O)N(C)c1cc(C)cc(C)c1.Cl. The van der Waals surface area contributed by atoms with E-state index in [1.165, 1.54) is 0 Å². The summed E-state index contributed by atoms with van der Waals surface area (Å²) in [6.07, 6.45) is 0.661. The van der Waals surface area contributed by atoms with E-state index in [0.29, 0.717) is 6.42 Å². The van der Waals surface area contributed by atoms with Gasteiger partial charge in [-0.05, 0) is 43.5 Å². The van der Waals surface area contributed by atoms with E-state index in [1.807, 2.05) is 32.9 Å². The van der Waals surface area contributed by atoms with Crippen LogP contribution in [0.4, 0.5) is 5.69 Å². The molecule has 1 aromatic rings. The van der Waals surface area contributed by atoms with Crippen LogP contribution in [0.5, 0.6) is 0 Å². The van der Waals surface area contributed by atoms with Gasteiger partial charge >= 0.3 is 0 Å². The van der Waals surface area contributed by atoms with Gasteiger partial charge in [-0.2, -0.15) is 0 Å². The quantitative estimate of drug-likeness (QED) is 0.903. The first-order valence-electron chi connectivity index (χ1n) is 5.57. The van der Waals surface area contributed by atoms with Crippen molar-refractivity contribution in [2.45, 2.75) is 33.2 Å². The molecule has 0 aromatic heterocycles. The van der Waals surface area contributed by atoms with Gasteiger partial charge in [0, 0.05) is 12.7 Å². The molecule has 0 heterocycles. The van der Waals surface area contributed by atoms with Crippen LogP contribution in [-0.2, 0) is 4.79 Å². The van der Waals surface area contributed by atoms with Gasteiger partial charge in [0.05, 0.1) is 6.04 Å². The van der Waals surface area contributed by atoms with Crippen LogP contribution in [0.25, 0.3) is 0 Å². The number of carbonyl (C=O) groups excluding carboxylic acids is 1. The number of benzene rings is 1. The monoisotopic (exact) mass is 256 g/mol. The lowest BCUT2D eigenvalue weighted by Crippen LogP contribution is -2.41. The first-order valence-corrected chi connectivity index (χ1v) is 5.57. The van der Waals surface area contributed by atoms with Gasteiger partial charge in [0.2, 0.25) is 5.91 Å². The molecule has 0 saturated heterocycles. The number of halogens is 1. The molecule has 3 nitrogen and oxygen atoms in total. The van der Waals surface area contributed by atoms with Gasteiger partial charge in [0.25, 0.3) is 0 Å². The summed E-state index contributed by atoms with van der Waals surface area (Å²) in [5, 5.41) is 0. The van der Waals surface area contributed by atoms with E-state index in [4.69, 9.17) is 5.73 Å². The van der Waals surface area contributed by atoms with Gasteiger partial charge < -0.3 is 10.6 Å². The first kappa shape index (κ1) is 15.9. The highest BCUT2D eigenvalue weighted by atomic mass is 35.5. The van der Waals surface area contributed by atoms with Crippen LogP contribution in [0.15, 0.2) is 18.2 Å². The molecule has 0 aliphatic rings. The fourth-order valence-electron chi connectivity index (χ4n) is 1.69. The van der Waals surface area contributed by atoms with Gasteiger partial charge in [-0.3, -0.25) is 4.79 Å². The minimum Gasteiger partial charge on any atom is -0.320 e. The van der Waals surface area contributed by atoms with Crippen molar-refractivity contribution in [2.75, 3.05) is 11.9 Å². The highest BCUT2D eigenvalue weighted by Crippen LogP contribution is 2.18. The average molecular weight is 257 g/mol.